The molecule has 1 atom stereocenters. The molecule has 8 nitrogen and oxygen atoms in total. The van der Waals surface area contributed by atoms with Crippen LogP contribution in [0, 0.1) is 0 Å². The number of amides is 1. The average Bonchev–Trinajstić information content (AvgIpc) is 3.52. The Labute approximate surface area is 285 Å². The van der Waals surface area contributed by atoms with E-state index in [-0.39, 0.29) is 19.2 Å². The highest BCUT2D eigenvalue weighted by atomic mass is 19.4. The number of carbonyl (C=O) groups is 1. The molecular formula is C36H37F6N5O3. The van der Waals surface area contributed by atoms with Crippen molar-refractivity contribution in [3.05, 3.63) is 107 Å². The van der Waals surface area contributed by atoms with Crippen LogP contribution < -0.4 is 0 Å². The van der Waals surface area contributed by atoms with Crippen LogP contribution >= 0.6 is 0 Å². The van der Waals surface area contributed by atoms with Crippen molar-refractivity contribution in [2.45, 2.75) is 24.8 Å². The Morgan fingerprint density at radius 3 is 2.22 bits per heavy atom. The van der Waals surface area contributed by atoms with Gasteiger partial charge in [-0.05, 0) is 36.2 Å². The van der Waals surface area contributed by atoms with Gasteiger partial charge in [0.25, 0.3) is 5.91 Å². The minimum absolute atomic E-state index is 0.0333. The van der Waals surface area contributed by atoms with E-state index in [1.807, 2.05) is 60.8 Å². The normalized spacial score (nSPS) is 18.5. The SMILES string of the molecule is O=C(c1cc(C(F)(F)F)cc(C(F)(F)F)c1)N1CCN(C/C(=N\OCCN2CCOCC2)c2ccccc2)C[C@H]1Cc1c[nH]c2ccccc12. The topological polar surface area (TPSA) is 73.4 Å². The fourth-order valence-corrected chi connectivity index (χ4v) is 6.44. The van der Waals surface area contributed by atoms with Gasteiger partial charge in [-0.1, -0.05) is 53.7 Å². The molecule has 0 aliphatic carbocycles. The number of benzene rings is 3. The van der Waals surface area contributed by atoms with Crippen molar-refractivity contribution in [2.75, 3.05) is 65.6 Å². The van der Waals surface area contributed by atoms with Crippen molar-refractivity contribution in [2.24, 2.45) is 5.16 Å². The van der Waals surface area contributed by atoms with E-state index in [9.17, 15) is 31.1 Å². The van der Waals surface area contributed by atoms with Gasteiger partial charge in [-0.3, -0.25) is 14.6 Å². The number of hydrogen-bond donors (Lipinski definition) is 1. The first-order valence-corrected chi connectivity index (χ1v) is 16.4. The van der Waals surface area contributed by atoms with E-state index in [4.69, 9.17) is 9.57 Å². The Kier molecular flexibility index (Phi) is 10.8. The van der Waals surface area contributed by atoms with Crippen LogP contribution in [-0.4, -0.2) is 103 Å². The maximum Gasteiger partial charge on any atom is 0.416 e. The second-order valence-corrected chi connectivity index (χ2v) is 12.4. The predicted molar refractivity (Wildman–Crippen MR) is 176 cm³/mol. The Morgan fingerprint density at radius 2 is 1.52 bits per heavy atom. The summed E-state index contributed by atoms with van der Waals surface area (Å²) in [5, 5.41) is 5.41. The van der Waals surface area contributed by atoms with Gasteiger partial charge in [0.1, 0.15) is 12.3 Å². The molecule has 3 aromatic carbocycles. The maximum absolute atomic E-state index is 13.9. The van der Waals surface area contributed by atoms with Crippen LogP contribution in [-0.2, 0) is 28.3 Å². The van der Waals surface area contributed by atoms with E-state index < -0.39 is 41.0 Å². The third kappa shape index (κ3) is 8.66. The number of alkyl halides is 6. The minimum Gasteiger partial charge on any atom is -0.394 e. The van der Waals surface area contributed by atoms with Gasteiger partial charge in [0.2, 0.25) is 0 Å². The van der Waals surface area contributed by atoms with Crippen molar-refractivity contribution >= 4 is 22.5 Å². The zero-order valence-electron chi connectivity index (χ0n) is 27.1. The van der Waals surface area contributed by atoms with E-state index in [1.165, 1.54) is 4.90 Å². The van der Waals surface area contributed by atoms with Crippen LogP contribution in [0.25, 0.3) is 10.9 Å². The molecule has 1 aromatic heterocycles. The lowest BCUT2D eigenvalue weighted by atomic mass is 9.98. The lowest BCUT2D eigenvalue weighted by Crippen LogP contribution is -2.56. The number of hydrogen-bond acceptors (Lipinski definition) is 6. The second kappa shape index (κ2) is 15.2. The molecule has 266 valence electrons. The van der Waals surface area contributed by atoms with Crippen molar-refractivity contribution in [1.29, 1.82) is 0 Å². The largest absolute Gasteiger partial charge is 0.416 e. The average molecular weight is 702 g/mol. The summed E-state index contributed by atoms with van der Waals surface area (Å²) in [6, 6.07) is 17.5. The third-order valence-corrected chi connectivity index (χ3v) is 9.05. The summed E-state index contributed by atoms with van der Waals surface area (Å²) in [5.74, 6) is -0.894. The molecule has 14 heteroatoms. The number of morpholine rings is 1. The van der Waals surface area contributed by atoms with Crippen molar-refractivity contribution < 1.29 is 40.7 Å². The Hall–Kier alpha value is -4.40. The number of carbonyl (C=O) groups excluding carboxylic acids is 1. The molecule has 0 spiro atoms. The van der Waals surface area contributed by atoms with Crippen LogP contribution in [0.15, 0.2) is 84.1 Å². The van der Waals surface area contributed by atoms with Crippen LogP contribution in [0.2, 0.25) is 0 Å². The van der Waals surface area contributed by atoms with Crippen LogP contribution in [0.3, 0.4) is 0 Å². The first-order chi connectivity index (χ1) is 24.0. The monoisotopic (exact) mass is 701 g/mol. The number of nitrogens with one attached hydrogen (secondary N) is 1. The standard InChI is InChI=1S/C36H37F6N5O3/c37-35(38,39)28-18-26(19-29(21-28)36(40,41)42)34(48)47-11-10-46(23-30(47)20-27-22-43-32-9-5-4-8-31(27)32)24-33(25-6-2-1-3-7-25)44-50-17-14-45-12-15-49-16-13-45/h1-9,18-19,21-22,30,43H,10-17,20,23-24H2/b44-33+/t30-/m1/s1. The summed E-state index contributed by atoms with van der Waals surface area (Å²) in [5.41, 5.74) is -0.480. The highest BCUT2D eigenvalue weighted by Crippen LogP contribution is 2.37. The van der Waals surface area contributed by atoms with Crippen molar-refractivity contribution in [3.8, 4) is 0 Å². The Morgan fingerprint density at radius 1 is 0.840 bits per heavy atom. The molecule has 3 heterocycles. The summed E-state index contributed by atoms with van der Waals surface area (Å²) in [4.78, 5) is 28.6. The zero-order chi connectivity index (χ0) is 35.3. The lowest BCUT2D eigenvalue weighted by Gasteiger charge is -2.42. The zero-order valence-corrected chi connectivity index (χ0v) is 27.1. The number of aromatic amines is 1. The Bertz CT molecular complexity index is 1750. The molecule has 2 saturated heterocycles. The van der Waals surface area contributed by atoms with Crippen LogP contribution in [0.5, 0.6) is 0 Å². The fraction of sp³-hybridized carbons (Fsp3) is 0.389. The molecule has 4 aromatic rings. The highest BCUT2D eigenvalue weighted by molar-refractivity contribution is 6.01. The molecule has 1 amide bonds. The first-order valence-electron chi connectivity index (χ1n) is 16.4. The van der Waals surface area contributed by atoms with Gasteiger partial charge in [0.15, 0.2) is 0 Å². The number of H-pyrrole nitrogens is 1. The number of halogens is 6. The quantitative estimate of drug-likeness (QED) is 0.0907. The molecular weight excluding hydrogens is 664 g/mol. The molecule has 0 unspecified atom stereocenters. The molecule has 0 bridgehead atoms. The van der Waals surface area contributed by atoms with Crippen molar-refractivity contribution in [3.63, 3.8) is 0 Å². The van der Waals surface area contributed by atoms with E-state index in [0.29, 0.717) is 63.7 Å². The number of fused-ring (bicyclic) bond motifs is 1. The van der Waals surface area contributed by atoms with Gasteiger partial charge in [0, 0.05) is 80.1 Å². The maximum atomic E-state index is 13.9. The summed E-state index contributed by atoms with van der Waals surface area (Å²) >= 11 is 0. The number of ether oxygens (including phenoxy) is 1. The number of rotatable bonds is 10. The van der Waals surface area contributed by atoms with E-state index in [0.717, 1.165) is 35.1 Å². The molecule has 2 fully saturated rings. The molecule has 0 saturated carbocycles. The van der Waals surface area contributed by atoms with E-state index >= 15 is 0 Å². The van der Waals surface area contributed by atoms with Crippen LogP contribution in [0.4, 0.5) is 26.3 Å². The number of para-hydroxylation sites is 1. The number of piperazine rings is 1. The van der Waals surface area contributed by atoms with Gasteiger partial charge < -0.3 is 19.5 Å². The highest BCUT2D eigenvalue weighted by Gasteiger charge is 2.39. The van der Waals surface area contributed by atoms with Gasteiger partial charge in [0.05, 0.1) is 24.3 Å². The molecule has 2 aliphatic rings. The Balaban J connectivity index is 1.26. The van der Waals surface area contributed by atoms with Gasteiger partial charge in [-0.15, -0.1) is 0 Å². The third-order valence-electron chi connectivity index (χ3n) is 9.05. The van der Waals surface area contributed by atoms with Gasteiger partial charge in [-0.25, -0.2) is 0 Å². The van der Waals surface area contributed by atoms with Gasteiger partial charge in [-0.2, -0.15) is 26.3 Å². The number of aromatic nitrogens is 1. The molecule has 50 heavy (non-hydrogen) atoms. The molecule has 1 N–H and O–H groups in total. The first kappa shape index (κ1) is 35.4. The van der Waals surface area contributed by atoms with Gasteiger partial charge >= 0.3 is 12.4 Å². The summed E-state index contributed by atoms with van der Waals surface area (Å²) in [7, 11) is 0. The fourth-order valence-electron chi connectivity index (χ4n) is 6.44. The van der Waals surface area contributed by atoms with Crippen LogP contribution in [0.1, 0.15) is 32.6 Å². The molecule has 2 aliphatic heterocycles. The van der Waals surface area contributed by atoms with Crippen molar-refractivity contribution in [1.82, 2.24) is 19.7 Å². The summed E-state index contributed by atoms with van der Waals surface area (Å²) < 4.78 is 87.6. The summed E-state index contributed by atoms with van der Waals surface area (Å²) in [6.45, 7) is 5.05. The smallest absolute Gasteiger partial charge is 0.394 e. The predicted octanol–water partition coefficient (Wildman–Crippen LogP) is 6.33. The summed E-state index contributed by atoms with van der Waals surface area (Å²) in [6.07, 6.45) is -8.02. The van der Waals surface area contributed by atoms with E-state index in [1.54, 1.807) is 0 Å². The van der Waals surface area contributed by atoms with E-state index in [2.05, 4.69) is 19.9 Å². The lowest BCUT2D eigenvalue weighted by molar-refractivity contribution is -0.143. The second-order valence-electron chi connectivity index (χ2n) is 12.4. The minimum atomic E-state index is -5.07. The number of oxime groups is 1. The molecule has 0 radical (unpaired) electrons. The molecule has 6 rings (SSSR count). The number of nitrogens with zero attached hydrogens (tertiary/aromatic N) is 4.